The van der Waals surface area contributed by atoms with Crippen LogP contribution in [0.2, 0.25) is 0 Å². The summed E-state index contributed by atoms with van der Waals surface area (Å²) in [6.07, 6.45) is -7.79. The normalized spacial score (nSPS) is 29.9. The van der Waals surface area contributed by atoms with Crippen molar-refractivity contribution in [3.05, 3.63) is 41.1 Å². The Morgan fingerprint density at radius 2 is 1.76 bits per heavy atom. The van der Waals surface area contributed by atoms with E-state index >= 15 is 0 Å². The van der Waals surface area contributed by atoms with E-state index in [1.807, 2.05) is 0 Å². The van der Waals surface area contributed by atoms with Crippen molar-refractivity contribution in [2.75, 3.05) is 13.2 Å². The fourth-order valence-corrected chi connectivity index (χ4v) is 5.80. The Kier molecular flexibility index (Phi) is 11.2. The van der Waals surface area contributed by atoms with E-state index in [2.05, 4.69) is 5.32 Å². The van der Waals surface area contributed by atoms with Gasteiger partial charge in [0.1, 0.15) is 67.0 Å². The number of aliphatic hydroxyl groups is 4. The number of benzene rings is 1. The Hall–Kier alpha value is -4.79. The van der Waals surface area contributed by atoms with Crippen LogP contribution in [0.5, 0.6) is 11.5 Å². The number of allylic oxidation sites excluding steroid dienone is 1. The van der Waals surface area contributed by atoms with Gasteiger partial charge in [0.25, 0.3) is 0 Å². The van der Waals surface area contributed by atoms with Crippen LogP contribution in [0.1, 0.15) is 31.7 Å². The molecule has 0 radical (unpaired) electrons. The first kappa shape index (κ1) is 37.0. The highest BCUT2D eigenvalue weighted by molar-refractivity contribution is 5.89. The molecule has 0 spiro atoms. The summed E-state index contributed by atoms with van der Waals surface area (Å²) in [7, 11) is 0. The second-order valence-electron chi connectivity index (χ2n) is 12.2. The number of rotatable bonds is 13. The van der Waals surface area contributed by atoms with Gasteiger partial charge < -0.3 is 70.3 Å². The zero-order valence-electron chi connectivity index (χ0n) is 25.8. The highest BCUT2D eigenvalue weighted by atomic mass is 16.7. The number of phenols is 1. The first-order valence-electron chi connectivity index (χ1n) is 14.9. The Morgan fingerprint density at radius 3 is 2.37 bits per heavy atom. The number of esters is 1. The third-order valence-corrected chi connectivity index (χ3v) is 8.25. The molecule has 4 rings (SSSR count). The minimum absolute atomic E-state index is 0.0724. The lowest BCUT2D eigenvalue weighted by atomic mass is 9.98. The Balaban J connectivity index is 1.50. The minimum Gasteiger partial charge on any atom is -0.544 e. The summed E-state index contributed by atoms with van der Waals surface area (Å²) in [5.74, 6) is -7.41. The number of carbonyl (C=O) groups excluding carboxylic acids is 2. The van der Waals surface area contributed by atoms with Crippen molar-refractivity contribution in [3.8, 4) is 11.5 Å². The number of carboxylic acid groups (broad SMARTS) is 4. The quantitative estimate of drug-likeness (QED) is 0.0866. The van der Waals surface area contributed by atoms with E-state index in [1.54, 1.807) is 0 Å². The number of hydrogen-bond acceptors (Lipinski definition) is 15. The van der Waals surface area contributed by atoms with Crippen LogP contribution in [0.3, 0.4) is 0 Å². The highest BCUT2D eigenvalue weighted by Crippen LogP contribution is 2.36. The lowest BCUT2D eigenvalue weighted by molar-refractivity contribution is -0.840. The zero-order chi connectivity index (χ0) is 36.4. The van der Waals surface area contributed by atoms with Gasteiger partial charge in [-0.05, 0) is 30.7 Å². The number of aliphatic carboxylic acids is 4. The lowest BCUT2D eigenvalue weighted by Crippen LogP contribution is -3.11. The van der Waals surface area contributed by atoms with Crippen molar-refractivity contribution in [2.45, 2.75) is 81.0 Å². The van der Waals surface area contributed by atoms with Crippen LogP contribution in [0, 0.1) is 0 Å². The standard InChI is InChI=1S/C30H36N2O17/c1-30(46,9-21(34)35)10-22(36)47-11-20-23(37)24(38)25(39)29(49-20)48-19-7-13-6-17(28(44)45)32(16(13)8-18(19)33)3-2-12-4-14(26(40)41)31-15(5-12)27(42)43/h2,4,7-8,15,17,20,23-25,29,31,33,37-39,46H,3,5-6,9-11H2,1H3,(H,34,35)(H,40,41)(H,42,43)(H,44,45)/t15-,17-,20+,23+,24-,25+,29+,30-/m0/s1. The van der Waals surface area contributed by atoms with E-state index in [9.17, 15) is 64.8 Å². The molecule has 0 aromatic heterocycles. The lowest BCUT2D eigenvalue weighted by Gasteiger charge is -2.40. The molecule has 19 nitrogen and oxygen atoms in total. The maximum Gasteiger partial charge on any atom is 0.351 e. The molecular weight excluding hydrogens is 660 g/mol. The second-order valence-corrected chi connectivity index (χ2v) is 12.2. The molecule has 9 atom stereocenters. The molecule has 0 amide bonds. The van der Waals surface area contributed by atoms with Crippen molar-refractivity contribution >= 4 is 35.5 Å². The average molecular weight is 697 g/mol. The number of aromatic hydroxyl groups is 1. The van der Waals surface area contributed by atoms with E-state index in [0.29, 0.717) is 16.8 Å². The van der Waals surface area contributed by atoms with Crippen LogP contribution < -0.4 is 20.1 Å². The van der Waals surface area contributed by atoms with Crippen LogP contribution in [0.15, 0.2) is 35.6 Å². The Labute approximate surface area is 276 Å². The van der Waals surface area contributed by atoms with Crippen LogP contribution in [-0.2, 0) is 39.9 Å². The fourth-order valence-electron chi connectivity index (χ4n) is 5.80. The third kappa shape index (κ3) is 8.82. The van der Waals surface area contributed by atoms with E-state index in [4.69, 9.17) is 19.3 Å². The van der Waals surface area contributed by atoms with Crippen molar-refractivity contribution in [2.24, 2.45) is 0 Å². The number of aliphatic hydroxyl groups excluding tert-OH is 3. The Bertz CT molecular complexity index is 1550. The molecule has 3 aliphatic rings. The number of quaternary nitrogens is 1. The van der Waals surface area contributed by atoms with Gasteiger partial charge in [-0.2, -0.15) is 0 Å². The topological polar surface area (TPSA) is 314 Å². The van der Waals surface area contributed by atoms with Gasteiger partial charge >= 0.3 is 23.9 Å². The summed E-state index contributed by atoms with van der Waals surface area (Å²) in [5, 5.41) is 94.3. The molecule has 19 heteroatoms. The number of nitrogens with one attached hydrogen (secondary N) is 2. The van der Waals surface area contributed by atoms with Crippen molar-refractivity contribution in [1.82, 2.24) is 5.32 Å². The maximum atomic E-state index is 12.2. The van der Waals surface area contributed by atoms with Gasteiger partial charge in [0.2, 0.25) is 6.29 Å². The molecule has 1 fully saturated rings. The monoisotopic (exact) mass is 696 g/mol. The molecule has 0 saturated carbocycles. The van der Waals surface area contributed by atoms with Gasteiger partial charge in [0, 0.05) is 24.5 Å². The van der Waals surface area contributed by atoms with Crippen molar-refractivity contribution in [1.29, 1.82) is 0 Å². The molecular formula is C30H36N2O17. The van der Waals surface area contributed by atoms with Gasteiger partial charge in [0.05, 0.1) is 18.4 Å². The molecule has 1 unspecified atom stereocenters. The molecule has 49 heavy (non-hydrogen) atoms. The molecule has 3 heterocycles. The number of fused-ring (bicyclic) bond motifs is 1. The Morgan fingerprint density at radius 1 is 1.06 bits per heavy atom. The summed E-state index contributed by atoms with van der Waals surface area (Å²) < 4.78 is 16.1. The average Bonchev–Trinajstić information content (AvgIpc) is 3.35. The van der Waals surface area contributed by atoms with Gasteiger partial charge in [0.15, 0.2) is 11.5 Å². The molecule has 268 valence electrons. The molecule has 0 aliphatic carbocycles. The fraction of sp³-hybridized carbons (Fsp3) is 0.500. The second kappa shape index (κ2) is 14.8. The molecule has 10 N–H and O–H groups in total. The molecule has 1 aromatic rings. The predicted molar refractivity (Wildman–Crippen MR) is 155 cm³/mol. The van der Waals surface area contributed by atoms with Gasteiger partial charge in [-0.3, -0.25) is 14.5 Å². The number of carbonyl (C=O) groups is 5. The van der Waals surface area contributed by atoms with E-state index in [1.165, 1.54) is 24.3 Å². The van der Waals surface area contributed by atoms with E-state index < -0.39 is 103 Å². The van der Waals surface area contributed by atoms with Crippen LogP contribution in [0.25, 0.3) is 0 Å². The smallest absolute Gasteiger partial charge is 0.351 e. The zero-order valence-corrected chi connectivity index (χ0v) is 25.8. The highest BCUT2D eigenvalue weighted by Gasteiger charge is 2.46. The van der Waals surface area contributed by atoms with Crippen molar-refractivity contribution < 1.29 is 89.0 Å². The van der Waals surface area contributed by atoms with E-state index in [-0.39, 0.29) is 35.7 Å². The predicted octanol–water partition coefficient (Wildman–Crippen LogP) is -4.73. The summed E-state index contributed by atoms with van der Waals surface area (Å²) in [4.78, 5) is 58.4. The SMILES string of the molecule is C[C@](O)(CC(=O)O)CC(=O)OC[C@H]1O[C@@H](Oc2cc3c(cc2O)[NH+](CC=C2C=C(C(=O)O)N[C@H](C(=O)O)C2)[C@H](C(=O)[O-])C3)[C@H](O)[C@@H](O)[C@@H]1O. The molecule has 1 aromatic carbocycles. The van der Waals surface area contributed by atoms with Crippen LogP contribution in [-0.4, -0.2) is 132 Å². The van der Waals surface area contributed by atoms with Crippen LogP contribution in [0.4, 0.5) is 5.69 Å². The maximum absolute atomic E-state index is 12.2. The van der Waals surface area contributed by atoms with Crippen LogP contribution >= 0.6 is 0 Å². The molecule has 3 aliphatic heterocycles. The first-order chi connectivity index (χ1) is 22.9. The summed E-state index contributed by atoms with van der Waals surface area (Å²) in [5.41, 5.74) is -1.32. The number of carboxylic acids is 4. The molecule has 0 bridgehead atoms. The number of hydrogen-bond donors (Lipinski definition) is 10. The van der Waals surface area contributed by atoms with Gasteiger partial charge in [-0.25, -0.2) is 9.59 Å². The summed E-state index contributed by atoms with van der Waals surface area (Å²) in [6, 6.07) is 0.0323. The summed E-state index contributed by atoms with van der Waals surface area (Å²) >= 11 is 0. The van der Waals surface area contributed by atoms with E-state index in [0.717, 1.165) is 6.92 Å². The summed E-state index contributed by atoms with van der Waals surface area (Å²) in [6.45, 7) is 0.321. The first-order valence-corrected chi connectivity index (χ1v) is 14.9. The molecule has 1 saturated heterocycles. The largest absolute Gasteiger partial charge is 0.544 e. The number of ether oxygens (including phenoxy) is 3. The third-order valence-electron chi connectivity index (χ3n) is 8.25. The minimum atomic E-state index is -1.94. The van der Waals surface area contributed by atoms with Gasteiger partial charge in [-0.15, -0.1) is 0 Å². The van der Waals surface area contributed by atoms with Crippen molar-refractivity contribution in [3.63, 3.8) is 0 Å². The number of phenolic OH excluding ortho intramolecular Hbond substituents is 1. The van der Waals surface area contributed by atoms with Gasteiger partial charge in [-0.1, -0.05) is 0 Å².